The summed E-state index contributed by atoms with van der Waals surface area (Å²) in [6.07, 6.45) is 1.84. The van der Waals surface area contributed by atoms with Crippen molar-refractivity contribution in [2.24, 2.45) is 5.41 Å². The molecule has 140 valence electrons. The number of hydrogen-bond donors (Lipinski definition) is 2. The lowest BCUT2D eigenvalue weighted by molar-refractivity contribution is -0.141. The number of hydrogen-bond acceptors (Lipinski definition) is 5. The number of carboxylic acids is 1. The minimum Gasteiger partial charge on any atom is -0.481 e. The number of aromatic nitrogens is 1. The topological polar surface area (TPSA) is 79.3 Å². The van der Waals surface area contributed by atoms with E-state index < -0.39 is 11.4 Å². The monoisotopic (exact) mass is 382 g/mol. The summed E-state index contributed by atoms with van der Waals surface area (Å²) >= 11 is 1.75. The zero-order chi connectivity index (χ0) is 19.3. The van der Waals surface area contributed by atoms with Gasteiger partial charge in [0.15, 0.2) is 0 Å². The number of carbonyl (C=O) groups excluding carboxylic acids is 1. The van der Waals surface area contributed by atoms with Crippen LogP contribution in [0.2, 0.25) is 0 Å². The number of thiazole rings is 1. The molecule has 1 aliphatic rings. The molecule has 0 bridgehead atoms. The number of benzene rings is 2. The molecule has 0 aliphatic heterocycles. The van der Waals surface area contributed by atoms with Gasteiger partial charge in [-0.05, 0) is 43.1 Å². The number of carboxylic acid groups (broad SMARTS) is 1. The zero-order valence-electron chi connectivity index (χ0n) is 15.1. The number of aldehydes is 1. The number of nitrogens with zero attached hydrogens (tertiary/aromatic N) is 1. The van der Waals surface area contributed by atoms with E-state index in [2.05, 4.69) is 16.4 Å². The van der Waals surface area contributed by atoms with Crippen molar-refractivity contribution in [3.8, 4) is 0 Å². The molecule has 0 amide bonds. The summed E-state index contributed by atoms with van der Waals surface area (Å²) in [7, 11) is 1.94. The first kappa shape index (κ1) is 19.2. The van der Waals surface area contributed by atoms with Crippen LogP contribution in [0.4, 0.5) is 0 Å². The molecule has 27 heavy (non-hydrogen) atoms. The Morgan fingerprint density at radius 3 is 2.37 bits per heavy atom. The fourth-order valence-corrected chi connectivity index (χ4v) is 4.40. The molecule has 6 heteroatoms. The average molecular weight is 382 g/mol. The first-order valence-electron chi connectivity index (χ1n) is 8.79. The van der Waals surface area contributed by atoms with Gasteiger partial charge in [-0.2, -0.15) is 0 Å². The molecule has 0 spiro atoms. The third-order valence-corrected chi connectivity index (χ3v) is 5.66. The van der Waals surface area contributed by atoms with Gasteiger partial charge in [-0.1, -0.05) is 36.4 Å². The molecule has 5 nitrogen and oxygen atoms in total. The molecule has 1 heterocycles. The van der Waals surface area contributed by atoms with Crippen molar-refractivity contribution in [2.45, 2.75) is 25.8 Å². The lowest BCUT2D eigenvalue weighted by atomic mass is 9.83. The standard InChI is InChI=1S/C12H12O3.C9H10N2S/c13-8-12(7-11(14)15)5-9-3-1-2-4-10(9)6-12;1-10-6-9-11-7-4-2-3-5-8(7)12-9/h1-4,8H,5-7H2,(H,14,15);2-5,10H,6H2,1H3. The molecular weight excluding hydrogens is 360 g/mol. The van der Waals surface area contributed by atoms with Gasteiger partial charge in [-0.15, -0.1) is 11.3 Å². The van der Waals surface area contributed by atoms with Crippen molar-refractivity contribution in [3.63, 3.8) is 0 Å². The average Bonchev–Trinajstić information content (AvgIpc) is 3.22. The molecule has 0 radical (unpaired) electrons. The zero-order valence-corrected chi connectivity index (χ0v) is 16.0. The van der Waals surface area contributed by atoms with Crippen LogP contribution in [0.5, 0.6) is 0 Å². The highest BCUT2D eigenvalue weighted by Crippen LogP contribution is 2.37. The van der Waals surface area contributed by atoms with Crippen molar-refractivity contribution < 1.29 is 14.7 Å². The summed E-state index contributed by atoms with van der Waals surface area (Å²) in [6.45, 7) is 0.860. The highest BCUT2D eigenvalue weighted by Gasteiger charge is 2.38. The van der Waals surface area contributed by atoms with Crippen molar-refractivity contribution >= 4 is 33.8 Å². The van der Waals surface area contributed by atoms with Crippen molar-refractivity contribution in [3.05, 3.63) is 64.7 Å². The van der Waals surface area contributed by atoms with E-state index in [1.54, 1.807) is 11.3 Å². The summed E-state index contributed by atoms with van der Waals surface area (Å²) in [5.41, 5.74) is 2.60. The van der Waals surface area contributed by atoms with Crippen molar-refractivity contribution in [1.82, 2.24) is 10.3 Å². The van der Waals surface area contributed by atoms with Crippen LogP contribution in [-0.2, 0) is 29.0 Å². The second kappa shape index (κ2) is 8.41. The number of fused-ring (bicyclic) bond motifs is 2. The Balaban J connectivity index is 0.000000159. The smallest absolute Gasteiger partial charge is 0.304 e. The second-order valence-corrected chi connectivity index (χ2v) is 7.89. The van der Waals surface area contributed by atoms with E-state index in [1.165, 1.54) is 4.70 Å². The predicted molar refractivity (Wildman–Crippen MR) is 107 cm³/mol. The maximum Gasteiger partial charge on any atom is 0.304 e. The van der Waals surface area contributed by atoms with Gasteiger partial charge in [0.2, 0.25) is 0 Å². The van der Waals surface area contributed by atoms with E-state index in [-0.39, 0.29) is 6.42 Å². The Hall–Kier alpha value is -2.57. The van der Waals surface area contributed by atoms with Gasteiger partial charge in [0.05, 0.1) is 16.6 Å². The molecule has 0 atom stereocenters. The molecule has 3 aromatic rings. The Bertz CT molecular complexity index is 893. The van der Waals surface area contributed by atoms with Crippen LogP contribution in [0.25, 0.3) is 10.2 Å². The lowest BCUT2D eigenvalue weighted by Crippen LogP contribution is -2.26. The van der Waals surface area contributed by atoms with E-state index in [9.17, 15) is 9.59 Å². The van der Waals surface area contributed by atoms with Gasteiger partial charge < -0.3 is 15.2 Å². The fraction of sp³-hybridized carbons (Fsp3) is 0.286. The van der Waals surface area contributed by atoms with Crippen LogP contribution in [0.3, 0.4) is 0 Å². The normalized spacial score (nSPS) is 14.3. The minimum atomic E-state index is -0.907. The molecular formula is C21H22N2O3S. The molecule has 2 aromatic carbocycles. The largest absolute Gasteiger partial charge is 0.481 e. The van der Waals surface area contributed by atoms with Crippen molar-refractivity contribution in [1.29, 1.82) is 0 Å². The summed E-state index contributed by atoms with van der Waals surface area (Å²) < 4.78 is 1.27. The summed E-state index contributed by atoms with van der Waals surface area (Å²) in [5, 5.41) is 13.0. The molecule has 1 aliphatic carbocycles. The summed E-state index contributed by atoms with van der Waals surface area (Å²) in [6, 6.07) is 16.0. The highest BCUT2D eigenvalue weighted by molar-refractivity contribution is 7.18. The van der Waals surface area contributed by atoms with Gasteiger partial charge in [0.1, 0.15) is 11.3 Å². The Morgan fingerprint density at radius 1 is 1.19 bits per heavy atom. The van der Waals surface area contributed by atoms with E-state index in [0.717, 1.165) is 34.5 Å². The highest BCUT2D eigenvalue weighted by atomic mass is 32.1. The van der Waals surface area contributed by atoms with Crippen LogP contribution >= 0.6 is 11.3 Å². The summed E-state index contributed by atoms with van der Waals surface area (Å²) in [4.78, 5) is 26.2. The molecule has 2 N–H and O–H groups in total. The molecule has 4 rings (SSSR count). The number of para-hydroxylation sites is 1. The first-order valence-corrected chi connectivity index (χ1v) is 9.61. The van der Waals surface area contributed by atoms with Crippen LogP contribution in [0.15, 0.2) is 48.5 Å². The molecule has 0 saturated carbocycles. The van der Waals surface area contributed by atoms with Crippen LogP contribution in [0.1, 0.15) is 22.6 Å². The first-order chi connectivity index (χ1) is 13.0. The van der Waals surface area contributed by atoms with Crippen LogP contribution in [-0.4, -0.2) is 29.4 Å². The maximum atomic E-state index is 11.1. The fourth-order valence-electron chi connectivity index (χ4n) is 3.42. The van der Waals surface area contributed by atoms with Gasteiger partial charge in [-0.25, -0.2) is 4.98 Å². The van der Waals surface area contributed by atoms with E-state index >= 15 is 0 Å². The predicted octanol–water partition coefficient (Wildman–Crippen LogP) is 3.46. The summed E-state index contributed by atoms with van der Waals surface area (Å²) in [5.74, 6) is -0.907. The van der Waals surface area contributed by atoms with Crippen molar-refractivity contribution in [2.75, 3.05) is 7.05 Å². The molecule has 1 aromatic heterocycles. The van der Waals surface area contributed by atoms with Gasteiger partial charge in [0, 0.05) is 12.0 Å². The van der Waals surface area contributed by atoms with Crippen LogP contribution in [0, 0.1) is 5.41 Å². The number of nitrogens with one attached hydrogen (secondary N) is 1. The Kier molecular flexibility index (Phi) is 5.98. The second-order valence-electron chi connectivity index (χ2n) is 6.78. The quantitative estimate of drug-likeness (QED) is 0.661. The lowest BCUT2D eigenvalue weighted by Gasteiger charge is -2.18. The Morgan fingerprint density at radius 2 is 1.81 bits per heavy atom. The number of rotatable bonds is 5. The van der Waals surface area contributed by atoms with Crippen LogP contribution < -0.4 is 5.32 Å². The van der Waals surface area contributed by atoms with Gasteiger partial charge in [0.25, 0.3) is 0 Å². The molecule has 0 fully saturated rings. The van der Waals surface area contributed by atoms with Gasteiger partial charge >= 0.3 is 5.97 Å². The van der Waals surface area contributed by atoms with E-state index in [1.807, 2.05) is 49.5 Å². The third-order valence-electron chi connectivity index (χ3n) is 4.62. The van der Waals surface area contributed by atoms with Gasteiger partial charge in [-0.3, -0.25) is 4.79 Å². The Labute approximate surface area is 162 Å². The van der Waals surface area contributed by atoms with E-state index in [0.29, 0.717) is 12.8 Å². The number of aliphatic carboxylic acids is 1. The maximum absolute atomic E-state index is 11.1. The molecule has 0 saturated heterocycles. The minimum absolute atomic E-state index is 0.0782. The molecule has 0 unspecified atom stereocenters. The van der Waals surface area contributed by atoms with E-state index in [4.69, 9.17) is 5.11 Å². The number of carbonyl (C=O) groups is 2. The third kappa shape index (κ3) is 4.59. The SMILES string of the molecule is CNCc1nc2ccccc2s1.O=CC1(CC(=O)O)Cc2ccccc2C1.